The minimum Gasteiger partial charge on any atom is -0.480 e. The molecule has 0 aromatic rings. The van der Waals surface area contributed by atoms with Gasteiger partial charge in [-0.1, -0.05) is 0 Å². The van der Waals surface area contributed by atoms with Crippen molar-refractivity contribution in [2.75, 3.05) is 6.61 Å². The van der Waals surface area contributed by atoms with Gasteiger partial charge in [0.25, 0.3) is 0 Å². The molecule has 0 amide bonds. The molecule has 0 saturated carbocycles. The highest BCUT2D eigenvalue weighted by molar-refractivity contribution is 7.80. The Kier molecular flexibility index (Phi) is 3.50. The molecule has 0 fully saturated rings. The van der Waals surface area contributed by atoms with Crippen molar-refractivity contribution in [1.29, 1.82) is 0 Å². The minimum absolute atomic E-state index is 0.0787. The van der Waals surface area contributed by atoms with Crippen LogP contribution in [-0.2, 0) is 9.53 Å². The lowest BCUT2D eigenvalue weighted by molar-refractivity contribution is -0.109. The van der Waals surface area contributed by atoms with E-state index in [0.717, 1.165) is 0 Å². The van der Waals surface area contributed by atoms with Crippen LogP contribution in [0.1, 0.15) is 6.92 Å². The van der Waals surface area contributed by atoms with E-state index < -0.39 is 0 Å². The van der Waals surface area contributed by atoms with Crippen molar-refractivity contribution in [3.63, 3.8) is 0 Å². The van der Waals surface area contributed by atoms with Gasteiger partial charge < -0.3 is 4.74 Å². The van der Waals surface area contributed by atoms with Gasteiger partial charge in [-0.05, 0) is 12.2 Å². The summed E-state index contributed by atoms with van der Waals surface area (Å²) in [6, 6.07) is 0. The largest absolute Gasteiger partial charge is 0.480 e. The summed E-state index contributed by atoms with van der Waals surface area (Å²) in [5.41, 5.74) is 0. The summed E-state index contributed by atoms with van der Waals surface area (Å²) in [4.78, 5) is 9.52. The maximum atomic E-state index is 9.52. The van der Waals surface area contributed by atoms with Crippen LogP contribution in [0.5, 0.6) is 0 Å². The van der Waals surface area contributed by atoms with E-state index in [-0.39, 0.29) is 6.61 Å². The Bertz CT molecular complexity index is 79.8. The number of carbonyl (C=O) groups is 1. The highest BCUT2D eigenvalue weighted by Gasteiger charge is 1.80. The Hall–Kier alpha value is -0.440. The first kappa shape index (κ1) is 6.56. The predicted molar refractivity (Wildman–Crippen MR) is 30.3 cm³/mol. The first-order valence-electron chi connectivity index (χ1n) is 1.84. The van der Waals surface area contributed by atoms with Crippen molar-refractivity contribution in [2.45, 2.75) is 6.92 Å². The van der Waals surface area contributed by atoms with Gasteiger partial charge in [0.05, 0.1) is 0 Å². The second-order valence-electron chi connectivity index (χ2n) is 0.969. The van der Waals surface area contributed by atoms with Gasteiger partial charge in [-0.25, -0.2) is 0 Å². The van der Waals surface area contributed by atoms with Gasteiger partial charge in [0, 0.05) is 6.92 Å². The Morgan fingerprint density at radius 2 is 2.57 bits per heavy atom. The van der Waals surface area contributed by atoms with Gasteiger partial charge in [0.15, 0.2) is 11.3 Å². The standard InChI is InChI=1S/C4H6O2S/c1-4(7)6-3-2-5/h2H,3H2,1H3. The molecule has 0 atom stereocenters. The van der Waals surface area contributed by atoms with E-state index in [1.54, 1.807) is 6.92 Å². The van der Waals surface area contributed by atoms with Crippen LogP contribution in [0.25, 0.3) is 0 Å². The van der Waals surface area contributed by atoms with Crippen molar-refractivity contribution in [3.05, 3.63) is 0 Å². The molecule has 0 aliphatic rings. The monoisotopic (exact) mass is 118 g/mol. The van der Waals surface area contributed by atoms with Crippen LogP contribution in [0.4, 0.5) is 0 Å². The summed E-state index contributed by atoms with van der Waals surface area (Å²) >= 11 is 4.48. The second kappa shape index (κ2) is 3.74. The topological polar surface area (TPSA) is 26.3 Å². The molecule has 2 nitrogen and oxygen atoms in total. The summed E-state index contributed by atoms with van der Waals surface area (Å²) in [6.07, 6.45) is 0.663. The smallest absolute Gasteiger partial charge is 0.157 e. The van der Waals surface area contributed by atoms with Gasteiger partial charge >= 0.3 is 0 Å². The molecule has 0 spiro atoms. The van der Waals surface area contributed by atoms with Crippen molar-refractivity contribution in [3.8, 4) is 0 Å². The molecular formula is C4H6O2S. The Morgan fingerprint density at radius 1 is 2.00 bits per heavy atom. The molecule has 40 valence electrons. The summed E-state index contributed by atoms with van der Waals surface area (Å²) in [6.45, 7) is 1.70. The number of hydrogen-bond donors (Lipinski definition) is 0. The van der Waals surface area contributed by atoms with Gasteiger partial charge in [-0.2, -0.15) is 0 Å². The zero-order chi connectivity index (χ0) is 5.70. The van der Waals surface area contributed by atoms with E-state index in [4.69, 9.17) is 0 Å². The third kappa shape index (κ3) is 5.56. The molecule has 0 bridgehead atoms. The molecule has 0 aromatic carbocycles. The van der Waals surface area contributed by atoms with E-state index in [0.29, 0.717) is 11.3 Å². The minimum atomic E-state index is 0.0787. The summed E-state index contributed by atoms with van der Waals surface area (Å²) in [7, 11) is 0. The highest BCUT2D eigenvalue weighted by Crippen LogP contribution is 1.74. The zero-order valence-electron chi connectivity index (χ0n) is 4.01. The summed E-state index contributed by atoms with van der Waals surface area (Å²) in [5, 5.41) is 0.409. The van der Waals surface area contributed by atoms with Gasteiger partial charge in [0.2, 0.25) is 0 Å². The Balaban J connectivity index is 2.97. The molecule has 0 rings (SSSR count). The van der Waals surface area contributed by atoms with Crippen LogP contribution in [0.3, 0.4) is 0 Å². The Labute approximate surface area is 47.5 Å². The molecule has 0 aliphatic heterocycles. The number of rotatable bonds is 2. The summed E-state index contributed by atoms with van der Waals surface area (Å²) in [5.74, 6) is 0. The van der Waals surface area contributed by atoms with Crippen LogP contribution < -0.4 is 0 Å². The maximum Gasteiger partial charge on any atom is 0.157 e. The predicted octanol–water partition coefficient (Wildman–Crippen LogP) is 0.549. The lowest BCUT2D eigenvalue weighted by Gasteiger charge is -1.92. The van der Waals surface area contributed by atoms with E-state index >= 15 is 0 Å². The fourth-order valence-corrected chi connectivity index (χ4v) is 0.219. The number of thiocarbonyl (C=S) groups is 1. The maximum absolute atomic E-state index is 9.52. The fraction of sp³-hybridized carbons (Fsp3) is 0.500. The molecule has 0 aliphatic carbocycles. The van der Waals surface area contributed by atoms with Crippen LogP contribution in [-0.4, -0.2) is 17.9 Å². The zero-order valence-corrected chi connectivity index (χ0v) is 4.83. The molecule has 0 N–H and O–H groups in total. The lowest BCUT2D eigenvalue weighted by atomic mass is 10.8. The molecule has 0 unspecified atom stereocenters. The highest BCUT2D eigenvalue weighted by atomic mass is 32.1. The molecule has 0 radical (unpaired) electrons. The molecule has 0 saturated heterocycles. The fourth-order valence-electron chi connectivity index (χ4n) is 0.151. The van der Waals surface area contributed by atoms with E-state index in [1.165, 1.54) is 0 Å². The average molecular weight is 118 g/mol. The van der Waals surface area contributed by atoms with Crippen molar-refractivity contribution >= 4 is 23.6 Å². The van der Waals surface area contributed by atoms with Crippen molar-refractivity contribution in [1.82, 2.24) is 0 Å². The number of aldehydes is 1. The number of carbonyl (C=O) groups excluding carboxylic acids is 1. The third-order valence-electron chi connectivity index (χ3n) is 0.355. The molecule has 0 aromatic heterocycles. The van der Waals surface area contributed by atoms with Crippen LogP contribution in [0, 0.1) is 0 Å². The van der Waals surface area contributed by atoms with E-state index in [2.05, 4.69) is 17.0 Å². The molecule has 7 heavy (non-hydrogen) atoms. The second-order valence-corrected chi connectivity index (χ2v) is 1.54. The average Bonchev–Trinajstić information content (AvgIpc) is 1.61. The van der Waals surface area contributed by atoms with Gasteiger partial charge in [-0.3, -0.25) is 4.79 Å². The van der Waals surface area contributed by atoms with Crippen LogP contribution in [0.15, 0.2) is 0 Å². The van der Waals surface area contributed by atoms with E-state index in [1.807, 2.05) is 0 Å². The number of ether oxygens (including phenoxy) is 1. The van der Waals surface area contributed by atoms with Gasteiger partial charge in [0.1, 0.15) is 6.61 Å². The van der Waals surface area contributed by atoms with Crippen LogP contribution in [0.2, 0.25) is 0 Å². The lowest BCUT2D eigenvalue weighted by Crippen LogP contribution is -1.97. The molecule has 3 heteroatoms. The van der Waals surface area contributed by atoms with Crippen molar-refractivity contribution < 1.29 is 9.53 Å². The van der Waals surface area contributed by atoms with Gasteiger partial charge in [-0.15, -0.1) is 0 Å². The third-order valence-corrected chi connectivity index (χ3v) is 0.472. The first-order chi connectivity index (χ1) is 3.27. The van der Waals surface area contributed by atoms with Crippen LogP contribution >= 0.6 is 12.2 Å². The Morgan fingerprint density at radius 3 is 2.71 bits per heavy atom. The SMILES string of the molecule is CC(=S)OCC=O. The molecule has 0 heterocycles. The van der Waals surface area contributed by atoms with Crippen molar-refractivity contribution in [2.24, 2.45) is 0 Å². The summed E-state index contributed by atoms with van der Waals surface area (Å²) < 4.78 is 4.55. The van der Waals surface area contributed by atoms with E-state index in [9.17, 15) is 4.79 Å². The number of hydrogen-bond acceptors (Lipinski definition) is 3. The normalized spacial score (nSPS) is 7.57. The quantitative estimate of drug-likeness (QED) is 0.391. The molecular weight excluding hydrogens is 112 g/mol. The first-order valence-corrected chi connectivity index (χ1v) is 2.25.